The van der Waals surface area contributed by atoms with E-state index in [1.165, 1.54) is 0 Å². The van der Waals surface area contributed by atoms with Crippen molar-refractivity contribution in [2.75, 3.05) is 13.2 Å². The first-order valence-corrected chi connectivity index (χ1v) is 7.90. The highest BCUT2D eigenvalue weighted by Gasteiger charge is 2.06. The van der Waals surface area contributed by atoms with Gasteiger partial charge in [-0.2, -0.15) is 0 Å². The number of hydrogen-bond donors (Lipinski definition) is 2. The van der Waals surface area contributed by atoms with E-state index in [4.69, 9.17) is 4.74 Å². The average Bonchev–Trinajstić information content (AvgIpc) is 3.00. The lowest BCUT2D eigenvalue weighted by Gasteiger charge is -2.05. The number of hydrogen-bond acceptors (Lipinski definition) is 4. The van der Waals surface area contributed by atoms with Crippen molar-refractivity contribution in [3.63, 3.8) is 0 Å². The number of ether oxygens (including phenoxy) is 1. The number of imidazole rings is 1. The summed E-state index contributed by atoms with van der Waals surface area (Å²) in [6.45, 7) is 2.88. The van der Waals surface area contributed by atoms with Crippen molar-refractivity contribution in [1.82, 2.24) is 20.3 Å². The van der Waals surface area contributed by atoms with Gasteiger partial charge in [0.2, 0.25) is 5.91 Å². The predicted octanol–water partition coefficient (Wildman–Crippen LogP) is 2.14. The second-order valence-corrected chi connectivity index (χ2v) is 5.61. The highest BCUT2D eigenvalue weighted by atomic mass is 16.5. The zero-order valence-electron chi connectivity index (χ0n) is 13.6. The number of carbonyl (C=O) groups is 1. The number of carbonyl (C=O) groups excluding carboxylic acids is 1. The SMILES string of the molecule is Cc1cccc2[nH]c(COCC(=O)NCCc3cccnc3)nc12. The third kappa shape index (κ3) is 4.17. The lowest BCUT2D eigenvalue weighted by atomic mass is 10.2. The summed E-state index contributed by atoms with van der Waals surface area (Å²) in [5, 5.41) is 2.83. The molecule has 0 saturated carbocycles. The predicted molar refractivity (Wildman–Crippen MR) is 91.4 cm³/mol. The molecule has 124 valence electrons. The summed E-state index contributed by atoms with van der Waals surface area (Å²) in [6.07, 6.45) is 4.28. The van der Waals surface area contributed by atoms with Gasteiger partial charge in [0.25, 0.3) is 0 Å². The molecule has 1 amide bonds. The van der Waals surface area contributed by atoms with E-state index in [1.807, 2.05) is 37.3 Å². The van der Waals surface area contributed by atoms with Gasteiger partial charge in [-0.25, -0.2) is 4.98 Å². The fraction of sp³-hybridized carbons (Fsp3) is 0.278. The molecule has 2 aromatic heterocycles. The largest absolute Gasteiger partial charge is 0.364 e. The Labute approximate surface area is 140 Å². The summed E-state index contributed by atoms with van der Waals surface area (Å²) in [6, 6.07) is 9.85. The van der Waals surface area contributed by atoms with Gasteiger partial charge in [0, 0.05) is 18.9 Å². The highest BCUT2D eigenvalue weighted by molar-refractivity contribution is 5.78. The van der Waals surface area contributed by atoms with Crippen LogP contribution in [0.15, 0.2) is 42.7 Å². The number of aryl methyl sites for hydroxylation is 1. The highest BCUT2D eigenvalue weighted by Crippen LogP contribution is 2.15. The Morgan fingerprint density at radius 3 is 3.00 bits per heavy atom. The Morgan fingerprint density at radius 2 is 2.21 bits per heavy atom. The maximum absolute atomic E-state index is 11.8. The number of pyridine rings is 1. The summed E-state index contributed by atoms with van der Waals surface area (Å²) in [4.78, 5) is 23.5. The van der Waals surface area contributed by atoms with E-state index in [9.17, 15) is 4.79 Å². The number of nitrogens with zero attached hydrogens (tertiary/aromatic N) is 2. The molecular formula is C18H20N4O2. The molecule has 2 N–H and O–H groups in total. The van der Waals surface area contributed by atoms with Crippen LogP contribution >= 0.6 is 0 Å². The molecule has 3 rings (SSSR count). The smallest absolute Gasteiger partial charge is 0.246 e. The van der Waals surface area contributed by atoms with Crippen LogP contribution in [0.5, 0.6) is 0 Å². The van der Waals surface area contributed by atoms with E-state index in [2.05, 4.69) is 20.3 Å². The topological polar surface area (TPSA) is 79.9 Å². The number of aromatic nitrogens is 3. The normalized spacial score (nSPS) is 10.9. The van der Waals surface area contributed by atoms with Crippen molar-refractivity contribution >= 4 is 16.9 Å². The minimum atomic E-state index is -0.133. The molecule has 0 aliphatic carbocycles. The van der Waals surface area contributed by atoms with Gasteiger partial charge in [0.15, 0.2) is 0 Å². The van der Waals surface area contributed by atoms with Crippen molar-refractivity contribution in [2.45, 2.75) is 20.0 Å². The van der Waals surface area contributed by atoms with Crippen LogP contribution < -0.4 is 5.32 Å². The zero-order valence-corrected chi connectivity index (χ0v) is 13.6. The standard InChI is InChI=1S/C18H20N4O2/c1-13-4-2-6-15-18(13)22-16(21-15)11-24-12-17(23)20-9-7-14-5-3-8-19-10-14/h2-6,8,10H,7,9,11-12H2,1H3,(H,20,23)(H,21,22). The molecular weight excluding hydrogens is 304 g/mol. The van der Waals surface area contributed by atoms with Crippen molar-refractivity contribution in [1.29, 1.82) is 0 Å². The average molecular weight is 324 g/mol. The first kappa shape index (κ1) is 16.1. The van der Waals surface area contributed by atoms with Crippen LogP contribution in [0.25, 0.3) is 11.0 Å². The second-order valence-electron chi connectivity index (χ2n) is 5.61. The van der Waals surface area contributed by atoms with E-state index in [1.54, 1.807) is 12.4 Å². The molecule has 0 fully saturated rings. The molecule has 0 aliphatic heterocycles. The Morgan fingerprint density at radius 1 is 1.29 bits per heavy atom. The minimum absolute atomic E-state index is 0.0169. The fourth-order valence-electron chi connectivity index (χ4n) is 2.48. The summed E-state index contributed by atoms with van der Waals surface area (Å²) in [5.74, 6) is 0.591. The second kappa shape index (κ2) is 7.70. The van der Waals surface area contributed by atoms with E-state index >= 15 is 0 Å². The molecule has 0 unspecified atom stereocenters. The molecule has 0 aliphatic rings. The molecule has 0 radical (unpaired) electrons. The number of aromatic amines is 1. The number of fused-ring (bicyclic) bond motifs is 1. The van der Waals surface area contributed by atoms with Crippen LogP contribution in [-0.2, 0) is 22.6 Å². The third-order valence-electron chi connectivity index (χ3n) is 3.69. The Kier molecular flexibility index (Phi) is 5.18. The first-order chi connectivity index (χ1) is 11.7. The number of benzene rings is 1. The van der Waals surface area contributed by atoms with E-state index in [0.717, 1.165) is 34.4 Å². The van der Waals surface area contributed by atoms with Gasteiger partial charge in [-0.05, 0) is 36.6 Å². The van der Waals surface area contributed by atoms with Crippen LogP contribution in [0.3, 0.4) is 0 Å². The van der Waals surface area contributed by atoms with Crippen molar-refractivity contribution in [3.05, 3.63) is 59.7 Å². The van der Waals surface area contributed by atoms with Crippen molar-refractivity contribution in [3.8, 4) is 0 Å². The summed E-state index contributed by atoms with van der Waals surface area (Å²) in [7, 11) is 0. The first-order valence-electron chi connectivity index (χ1n) is 7.90. The van der Waals surface area contributed by atoms with Crippen molar-refractivity contribution in [2.24, 2.45) is 0 Å². The van der Waals surface area contributed by atoms with Crippen LogP contribution in [0, 0.1) is 6.92 Å². The lowest BCUT2D eigenvalue weighted by molar-refractivity contribution is -0.126. The number of amides is 1. The number of rotatable bonds is 7. The van der Waals surface area contributed by atoms with E-state index in [-0.39, 0.29) is 19.1 Å². The van der Waals surface area contributed by atoms with Crippen LogP contribution in [0.2, 0.25) is 0 Å². The van der Waals surface area contributed by atoms with Gasteiger partial charge in [-0.3, -0.25) is 9.78 Å². The van der Waals surface area contributed by atoms with Gasteiger partial charge < -0.3 is 15.0 Å². The van der Waals surface area contributed by atoms with Crippen LogP contribution in [0.1, 0.15) is 17.0 Å². The van der Waals surface area contributed by atoms with E-state index in [0.29, 0.717) is 6.54 Å². The van der Waals surface area contributed by atoms with Crippen LogP contribution in [-0.4, -0.2) is 34.0 Å². The molecule has 0 bridgehead atoms. The summed E-state index contributed by atoms with van der Waals surface area (Å²) in [5.41, 5.74) is 4.13. The number of H-pyrrole nitrogens is 1. The number of nitrogens with one attached hydrogen (secondary N) is 2. The Balaban J connectivity index is 1.40. The quantitative estimate of drug-likeness (QED) is 0.698. The summed E-state index contributed by atoms with van der Waals surface area (Å²) >= 11 is 0. The third-order valence-corrected chi connectivity index (χ3v) is 3.69. The monoisotopic (exact) mass is 324 g/mol. The Hall–Kier alpha value is -2.73. The van der Waals surface area contributed by atoms with Gasteiger partial charge in [0.1, 0.15) is 19.0 Å². The molecule has 24 heavy (non-hydrogen) atoms. The van der Waals surface area contributed by atoms with Crippen molar-refractivity contribution < 1.29 is 9.53 Å². The van der Waals surface area contributed by atoms with Crippen LogP contribution in [0.4, 0.5) is 0 Å². The number of para-hydroxylation sites is 1. The van der Waals surface area contributed by atoms with Gasteiger partial charge in [-0.15, -0.1) is 0 Å². The minimum Gasteiger partial charge on any atom is -0.364 e. The van der Waals surface area contributed by atoms with E-state index < -0.39 is 0 Å². The molecule has 2 heterocycles. The molecule has 0 spiro atoms. The molecule has 6 nitrogen and oxygen atoms in total. The molecule has 3 aromatic rings. The maximum Gasteiger partial charge on any atom is 0.246 e. The zero-order chi connectivity index (χ0) is 16.8. The molecule has 0 atom stereocenters. The van der Waals surface area contributed by atoms with Gasteiger partial charge >= 0.3 is 0 Å². The van der Waals surface area contributed by atoms with Gasteiger partial charge in [-0.1, -0.05) is 18.2 Å². The molecule has 6 heteroatoms. The molecule has 1 aromatic carbocycles. The summed E-state index contributed by atoms with van der Waals surface area (Å²) < 4.78 is 5.44. The fourth-order valence-corrected chi connectivity index (χ4v) is 2.48. The lowest BCUT2D eigenvalue weighted by Crippen LogP contribution is -2.29. The maximum atomic E-state index is 11.8. The molecule has 0 saturated heterocycles. The van der Waals surface area contributed by atoms with Gasteiger partial charge in [0.05, 0.1) is 11.0 Å². The Bertz CT molecular complexity index is 814.